The molecule has 0 atom stereocenters. The van der Waals surface area contributed by atoms with E-state index in [9.17, 15) is 5.11 Å². The van der Waals surface area contributed by atoms with Crippen LogP contribution in [0.3, 0.4) is 0 Å². The molecule has 8 nitrogen and oxygen atoms in total. The minimum absolute atomic E-state index is 0.0400. The van der Waals surface area contributed by atoms with Crippen molar-refractivity contribution in [2.45, 2.75) is 0 Å². The van der Waals surface area contributed by atoms with Gasteiger partial charge in [0.15, 0.2) is 10.1 Å². The van der Waals surface area contributed by atoms with Crippen LogP contribution >= 0.6 is 11.3 Å². The van der Waals surface area contributed by atoms with Crippen LogP contribution in [0, 0.1) is 22.7 Å². The largest absolute Gasteiger partial charge is 0.508 e. The zero-order valence-corrected chi connectivity index (χ0v) is 17.8. The molecule has 0 amide bonds. The van der Waals surface area contributed by atoms with E-state index < -0.39 is 0 Å². The summed E-state index contributed by atoms with van der Waals surface area (Å²) in [6.45, 7) is 2.85. The van der Waals surface area contributed by atoms with Crippen LogP contribution in [0.1, 0.15) is 5.56 Å². The lowest BCUT2D eigenvalue weighted by atomic mass is 10.1. The van der Waals surface area contributed by atoms with Gasteiger partial charge >= 0.3 is 0 Å². The summed E-state index contributed by atoms with van der Waals surface area (Å²) in [4.78, 5) is 6.96. The Labute approximate surface area is 189 Å². The van der Waals surface area contributed by atoms with Gasteiger partial charge in [-0.15, -0.1) is 10.2 Å². The first-order chi connectivity index (χ1) is 15.7. The maximum Gasteiger partial charge on any atom is 0.188 e. The number of anilines is 1. The molecule has 2 heterocycles. The highest BCUT2D eigenvalue weighted by molar-refractivity contribution is 7.19. The summed E-state index contributed by atoms with van der Waals surface area (Å²) in [6, 6.07) is 17.6. The highest BCUT2D eigenvalue weighted by atomic mass is 32.1. The van der Waals surface area contributed by atoms with E-state index in [0.29, 0.717) is 29.6 Å². The van der Waals surface area contributed by atoms with Crippen molar-refractivity contribution in [2.24, 2.45) is 10.2 Å². The summed E-state index contributed by atoms with van der Waals surface area (Å²) in [7, 11) is 0. The zero-order chi connectivity index (χ0) is 22.3. The molecule has 32 heavy (non-hydrogen) atoms. The summed E-state index contributed by atoms with van der Waals surface area (Å²) in [5.74, 6) is 0.186. The standard InChI is InChI=1S/C23H18N6O2S/c24-14-17(15-25)13-16-1-5-19(6-2-16)27-28-22-21(18-3-7-20(30)8-4-18)26-23(32-22)29-9-11-31-12-10-29/h1-8,13,30H,9-12H2. The predicted octanol–water partition coefficient (Wildman–Crippen LogP) is 5.20. The first-order valence-electron chi connectivity index (χ1n) is 9.83. The molecule has 2 aromatic carbocycles. The molecule has 1 aromatic heterocycles. The molecule has 9 heteroatoms. The molecule has 1 saturated heterocycles. The highest BCUT2D eigenvalue weighted by Gasteiger charge is 2.19. The van der Waals surface area contributed by atoms with Crippen LogP contribution in [0.5, 0.6) is 5.75 Å². The van der Waals surface area contributed by atoms with Crippen LogP contribution in [-0.2, 0) is 4.74 Å². The number of morpholine rings is 1. The van der Waals surface area contributed by atoms with Gasteiger partial charge in [-0.1, -0.05) is 23.5 Å². The summed E-state index contributed by atoms with van der Waals surface area (Å²) in [5.41, 5.74) is 2.95. The van der Waals surface area contributed by atoms with E-state index in [2.05, 4.69) is 15.1 Å². The van der Waals surface area contributed by atoms with E-state index in [1.165, 1.54) is 17.4 Å². The van der Waals surface area contributed by atoms with Crippen molar-refractivity contribution in [3.8, 4) is 29.1 Å². The molecule has 1 aliphatic rings. The van der Waals surface area contributed by atoms with Crippen LogP contribution in [0.4, 0.5) is 15.8 Å². The second-order valence-electron chi connectivity index (χ2n) is 6.87. The minimum atomic E-state index is 0.0400. The monoisotopic (exact) mass is 442 g/mol. The van der Waals surface area contributed by atoms with Gasteiger partial charge < -0.3 is 14.7 Å². The van der Waals surface area contributed by atoms with Crippen molar-refractivity contribution >= 4 is 33.2 Å². The summed E-state index contributed by atoms with van der Waals surface area (Å²) >= 11 is 1.46. The van der Waals surface area contributed by atoms with Crippen molar-refractivity contribution < 1.29 is 9.84 Å². The second kappa shape index (κ2) is 9.84. The van der Waals surface area contributed by atoms with Crippen LogP contribution in [0.2, 0.25) is 0 Å². The Morgan fingerprint density at radius 2 is 1.72 bits per heavy atom. The van der Waals surface area contributed by atoms with E-state index in [4.69, 9.17) is 20.2 Å². The van der Waals surface area contributed by atoms with E-state index in [0.717, 1.165) is 29.3 Å². The Morgan fingerprint density at radius 1 is 1.03 bits per heavy atom. The van der Waals surface area contributed by atoms with Gasteiger partial charge in [-0.2, -0.15) is 10.5 Å². The van der Waals surface area contributed by atoms with E-state index in [-0.39, 0.29) is 11.3 Å². The van der Waals surface area contributed by atoms with Gasteiger partial charge in [0.1, 0.15) is 29.2 Å². The van der Waals surface area contributed by atoms with Crippen molar-refractivity contribution in [1.29, 1.82) is 10.5 Å². The third-order valence-corrected chi connectivity index (χ3v) is 5.72. The van der Waals surface area contributed by atoms with Gasteiger partial charge in [-0.3, -0.25) is 0 Å². The number of aromatic nitrogens is 1. The number of aromatic hydroxyl groups is 1. The number of phenols is 1. The van der Waals surface area contributed by atoms with E-state index in [1.807, 2.05) is 12.1 Å². The zero-order valence-electron chi connectivity index (χ0n) is 17.0. The first kappa shape index (κ1) is 21.2. The number of rotatable bonds is 5. The molecule has 3 aromatic rings. The molecule has 0 bridgehead atoms. The molecule has 0 spiro atoms. The van der Waals surface area contributed by atoms with Gasteiger partial charge in [-0.25, -0.2) is 4.98 Å². The number of nitrogens with zero attached hydrogens (tertiary/aromatic N) is 6. The molecule has 4 rings (SSSR count). The maximum atomic E-state index is 9.62. The summed E-state index contributed by atoms with van der Waals surface area (Å²) < 4.78 is 5.44. The maximum absolute atomic E-state index is 9.62. The van der Waals surface area contributed by atoms with Crippen LogP contribution in [0.15, 0.2) is 64.3 Å². The first-order valence-corrected chi connectivity index (χ1v) is 10.6. The SMILES string of the molecule is N#CC(C#N)=Cc1ccc(N=Nc2sc(N3CCOCC3)nc2-c2ccc(O)cc2)cc1. The molecule has 0 unspecified atom stereocenters. The molecule has 158 valence electrons. The van der Waals surface area contributed by atoms with Gasteiger partial charge in [0.05, 0.1) is 18.9 Å². The number of hydrogen-bond acceptors (Lipinski definition) is 9. The van der Waals surface area contributed by atoms with Crippen molar-refractivity contribution in [1.82, 2.24) is 4.98 Å². The smallest absolute Gasteiger partial charge is 0.188 e. The van der Waals surface area contributed by atoms with Gasteiger partial charge in [0, 0.05) is 18.7 Å². The number of ether oxygens (including phenoxy) is 1. The Hall–Kier alpha value is -4.05. The third kappa shape index (κ3) is 4.98. The predicted molar refractivity (Wildman–Crippen MR) is 122 cm³/mol. The van der Waals surface area contributed by atoms with Gasteiger partial charge in [0.25, 0.3) is 0 Å². The number of phenolic OH excluding ortho intramolecular Hbond substituents is 1. The number of thiazole rings is 1. The van der Waals surface area contributed by atoms with Crippen LogP contribution in [0.25, 0.3) is 17.3 Å². The van der Waals surface area contributed by atoms with E-state index >= 15 is 0 Å². The molecular weight excluding hydrogens is 424 g/mol. The fraction of sp³-hybridized carbons (Fsp3) is 0.174. The topological polar surface area (TPSA) is 118 Å². The van der Waals surface area contributed by atoms with Crippen molar-refractivity contribution in [2.75, 3.05) is 31.2 Å². The summed E-state index contributed by atoms with van der Waals surface area (Å²) in [5, 5.41) is 37.7. The average Bonchev–Trinajstić information content (AvgIpc) is 3.27. The van der Waals surface area contributed by atoms with Gasteiger partial charge in [0.2, 0.25) is 0 Å². The number of hydrogen-bond donors (Lipinski definition) is 1. The highest BCUT2D eigenvalue weighted by Crippen LogP contribution is 2.41. The molecule has 0 aliphatic carbocycles. The molecule has 0 saturated carbocycles. The Morgan fingerprint density at radius 3 is 2.38 bits per heavy atom. The molecular formula is C23H18N6O2S. The van der Waals surface area contributed by atoms with Gasteiger partial charge in [-0.05, 0) is 48.0 Å². The average molecular weight is 443 g/mol. The molecule has 1 N–H and O–H groups in total. The number of nitriles is 2. The van der Waals surface area contributed by atoms with Crippen LogP contribution < -0.4 is 4.90 Å². The number of benzene rings is 2. The second-order valence-corrected chi connectivity index (χ2v) is 7.83. The Kier molecular flexibility index (Phi) is 6.52. The molecule has 0 radical (unpaired) electrons. The third-order valence-electron chi connectivity index (χ3n) is 4.72. The van der Waals surface area contributed by atoms with E-state index in [1.54, 1.807) is 48.5 Å². The molecule has 1 aliphatic heterocycles. The quantitative estimate of drug-likeness (QED) is 0.429. The normalized spacial score (nSPS) is 13.5. The lowest BCUT2D eigenvalue weighted by molar-refractivity contribution is 0.122. The Balaban J connectivity index is 1.63. The molecule has 1 fully saturated rings. The lowest BCUT2D eigenvalue weighted by Crippen LogP contribution is -2.36. The fourth-order valence-corrected chi connectivity index (χ4v) is 4.03. The lowest BCUT2D eigenvalue weighted by Gasteiger charge is -2.25. The van der Waals surface area contributed by atoms with Crippen molar-refractivity contribution in [3.05, 3.63) is 59.7 Å². The number of azo groups is 1. The minimum Gasteiger partial charge on any atom is -0.508 e. The Bertz CT molecular complexity index is 1210. The fourth-order valence-electron chi connectivity index (χ4n) is 3.06. The van der Waals surface area contributed by atoms with Crippen molar-refractivity contribution in [3.63, 3.8) is 0 Å². The summed E-state index contributed by atoms with van der Waals surface area (Å²) in [6.07, 6.45) is 1.52. The number of allylic oxidation sites excluding steroid dienone is 1. The van der Waals surface area contributed by atoms with Crippen LogP contribution in [-0.4, -0.2) is 36.4 Å².